The van der Waals surface area contributed by atoms with E-state index < -0.39 is 0 Å². The van der Waals surface area contributed by atoms with Crippen LogP contribution < -0.4 is 14.8 Å². The summed E-state index contributed by atoms with van der Waals surface area (Å²) in [5.74, 6) is 1.23. The van der Waals surface area contributed by atoms with Gasteiger partial charge in [-0.2, -0.15) is 14.6 Å². The predicted molar refractivity (Wildman–Crippen MR) is 171 cm³/mol. The van der Waals surface area contributed by atoms with Crippen LogP contribution in [0.25, 0.3) is 40.1 Å². The summed E-state index contributed by atoms with van der Waals surface area (Å²) in [5, 5.41) is 9.37. The zero-order chi connectivity index (χ0) is 29.0. The molecule has 0 bridgehead atoms. The summed E-state index contributed by atoms with van der Waals surface area (Å²) in [5.41, 5.74) is 5.24. The third-order valence-electron chi connectivity index (χ3n) is 6.83. The number of rotatable bonds is 8. The third-order valence-corrected chi connectivity index (χ3v) is 7.79. The first-order valence-electron chi connectivity index (χ1n) is 13.8. The fourth-order valence-corrected chi connectivity index (χ4v) is 5.61. The molecule has 0 atom stereocenters. The van der Waals surface area contributed by atoms with Crippen molar-refractivity contribution >= 4 is 34.5 Å². The molecule has 4 aromatic carbocycles. The minimum Gasteiger partial charge on any atom is -0.489 e. The van der Waals surface area contributed by atoms with Gasteiger partial charge in [0.25, 0.3) is 5.56 Å². The molecule has 0 N–H and O–H groups in total. The summed E-state index contributed by atoms with van der Waals surface area (Å²) in [6.07, 6.45) is 7.54. The molecule has 7 nitrogen and oxygen atoms in total. The van der Waals surface area contributed by atoms with Crippen LogP contribution in [0.2, 0.25) is 0 Å². The molecule has 3 heterocycles. The molecule has 0 aliphatic carbocycles. The lowest BCUT2D eigenvalue weighted by atomic mass is 10.1. The van der Waals surface area contributed by atoms with E-state index in [0.29, 0.717) is 21.9 Å². The number of ether oxygens (including phenoxy) is 1. The van der Waals surface area contributed by atoms with Crippen molar-refractivity contribution < 1.29 is 4.74 Å². The van der Waals surface area contributed by atoms with Gasteiger partial charge in [0, 0.05) is 17.3 Å². The van der Waals surface area contributed by atoms with Crippen LogP contribution in [0.4, 0.5) is 0 Å². The highest BCUT2D eigenvalue weighted by atomic mass is 32.1. The Bertz CT molecular complexity index is 2150. The Kier molecular flexibility index (Phi) is 7.17. The maximum Gasteiger partial charge on any atom is 0.291 e. The van der Waals surface area contributed by atoms with E-state index in [2.05, 4.69) is 10.1 Å². The number of benzene rings is 4. The fraction of sp³-hybridized carbons (Fsp3) is 0.0286. The number of hydrogen-bond acceptors (Lipinski definition) is 6. The summed E-state index contributed by atoms with van der Waals surface area (Å²) in [6, 6.07) is 37.7. The van der Waals surface area contributed by atoms with Gasteiger partial charge in [-0.15, -0.1) is 5.10 Å². The third kappa shape index (κ3) is 5.77. The number of nitrogens with zero attached hydrogens (tertiary/aromatic N) is 5. The Balaban J connectivity index is 1.25. The maximum absolute atomic E-state index is 13.4. The fourth-order valence-electron chi connectivity index (χ4n) is 4.70. The van der Waals surface area contributed by atoms with E-state index in [4.69, 9.17) is 9.84 Å². The van der Waals surface area contributed by atoms with Gasteiger partial charge in [-0.25, -0.2) is 4.68 Å². The Morgan fingerprint density at radius 3 is 2.30 bits per heavy atom. The first-order valence-corrected chi connectivity index (χ1v) is 14.6. The van der Waals surface area contributed by atoms with Gasteiger partial charge in [0.1, 0.15) is 18.1 Å². The zero-order valence-electron chi connectivity index (χ0n) is 22.9. The normalized spacial score (nSPS) is 12.0. The predicted octanol–water partition coefficient (Wildman–Crippen LogP) is 6.30. The molecule has 0 spiro atoms. The van der Waals surface area contributed by atoms with Crippen molar-refractivity contribution in [3.8, 4) is 22.7 Å². The molecule has 8 heteroatoms. The SMILES string of the molecule is O=c1/c(=C/c2cn(-c3ccccc3)nc2-c2cccc(OCc3ccccc3)c2)sc2nc(/C=C/c3ccccc3)nn12. The van der Waals surface area contributed by atoms with Crippen molar-refractivity contribution in [1.29, 1.82) is 0 Å². The van der Waals surface area contributed by atoms with Gasteiger partial charge in [-0.3, -0.25) is 4.79 Å². The molecule has 0 unspecified atom stereocenters. The van der Waals surface area contributed by atoms with Crippen molar-refractivity contribution in [2.24, 2.45) is 0 Å². The van der Waals surface area contributed by atoms with Crippen LogP contribution in [-0.4, -0.2) is 24.4 Å². The minimum absolute atomic E-state index is 0.217. The lowest BCUT2D eigenvalue weighted by Crippen LogP contribution is -2.23. The molecule has 208 valence electrons. The Labute approximate surface area is 251 Å². The smallest absolute Gasteiger partial charge is 0.291 e. The van der Waals surface area contributed by atoms with E-state index in [-0.39, 0.29) is 5.56 Å². The van der Waals surface area contributed by atoms with E-state index in [1.165, 1.54) is 15.9 Å². The highest BCUT2D eigenvalue weighted by Crippen LogP contribution is 2.28. The molecule has 0 fully saturated rings. The molecule has 0 aliphatic heterocycles. The molecule has 0 aliphatic rings. The van der Waals surface area contributed by atoms with E-state index in [0.717, 1.165) is 39.4 Å². The second-order valence-electron chi connectivity index (χ2n) is 9.84. The van der Waals surface area contributed by atoms with Crippen molar-refractivity contribution in [2.45, 2.75) is 6.61 Å². The van der Waals surface area contributed by atoms with Gasteiger partial charge in [-0.1, -0.05) is 108 Å². The van der Waals surface area contributed by atoms with Crippen molar-refractivity contribution in [3.63, 3.8) is 0 Å². The van der Waals surface area contributed by atoms with Gasteiger partial charge in [0.05, 0.1) is 10.2 Å². The number of aromatic nitrogens is 5. The zero-order valence-corrected chi connectivity index (χ0v) is 23.8. The van der Waals surface area contributed by atoms with E-state index in [1.807, 2.05) is 144 Å². The highest BCUT2D eigenvalue weighted by molar-refractivity contribution is 7.15. The molecule has 0 saturated carbocycles. The summed E-state index contributed by atoms with van der Waals surface area (Å²) in [4.78, 5) is 18.5. The molecule has 0 amide bonds. The van der Waals surface area contributed by atoms with E-state index in [9.17, 15) is 4.79 Å². The quantitative estimate of drug-likeness (QED) is 0.211. The van der Waals surface area contributed by atoms with Crippen LogP contribution in [0.15, 0.2) is 126 Å². The molecule has 7 aromatic rings. The average molecular weight is 580 g/mol. The summed E-state index contributed by atoms with van der Waals surface area (Å²) < 4.78 is 9.81. The Morgan fingerprint density at radius 2 is 1.53 bits per heavy atom. The van der Waals surface area contributed by atoms with Crippen LogP contribution in [0, 0.1) is 0 Å². The van der Waals surface area contributed by atoms with E-state index >= 15 is 0 Å². The Hall–Kier alpha value is -5.60. The largest absolute Gasteiger partial charge is 0.489 e. The lowest BCUT2D eigenvalue weighted by Gasteiger charge is -2.08. The number of thiazole rings is 1. The number of fused-ring (bicyclic) bond motifs is 1. The maximum atomic E-state index is 13.4. The van der Waals surface area contributed by atoms with Gasteiger partial charge in [0.2, 0.25) is 4.96 Å². The monoisotopic (exact) mass is 579 g/mol. The standard InChI is InChI=1S/C35H25N5O2S/c41-34-31(43-35-36-32(37-40(34)35)20-19-25-11-4-1-5-12-25)22-28-23-39(29-16-8-3-9-17-29)38-33(28)27-15-10-18-30(21-27)42-24-26-13-6-2-7-14-26/h1-23H,24H2/b20-19+,31-22-. The lowest BCUT2D eigenvalue weighted by molar-refractivity contribution is 0.306. The van der Waals surface area contributed by atoms with Crippen LogP contribution in [0.3, 0.4) is 0 Å². The van der Waals surface area contributed by atoms with Crippen molar-refractivity contribution in [3.05, 3.63) is 159 Å². The number of para-hydroxylation sites is 1. The average Bonchev–Trinajstić information content (AvgIpc) is 3.75. The van der Waals surface area contributed by atoms with Crippen LogP contribution >= 0.6 is 11.3 Å². The molecular formula is C35H25N5O2S. The van der Waals surface area contributed by atoms with Gasteiger partial charge >= 0.3 is 0 Å². The van der Waals surface area contributed by atoms with Gasteiger partial charge < -0.3 is 4.74 Å². The molecule has 0 radical (unpaired) electrons. The highest BCUT2D eigenvalue weighted by Gasteiger charge is 2.14. The van der Waals surface area contributed by atoms with Crippen LogP contribution in [-0.2, 0) is 6.61 Å². The van der Waals surface area contributed by atoms with Gasteiger partial charge in [-0.05, 0) is 47.5 Å². The molecule has 0 saturated heterocycles. The topological polar surface area (TPSA) is 74.3 Å². The minimum atomic E-state index is -0.217. The van der Waals surface area contributed by atoms with Crippen molar-refractivity contribution in [2.75, 3.05) is 0 Å². The molecule has 43 heavy (non-hydrogen) atoms. The summed E-state index contributed by atoms with van der Waals surface area (Å²) in [6.45, 7) is 0.464. The van der Waals surface area contributed by atoms with Crippen LogP contribution in [0.1, 0.15) is 22.5 Å². The summed E-state index contributed by atoms with van der Waals surface area (Å²) >= 11 is 1.30. The second kappa shape index (κ2) is 11.7. The van der Waals surface area contributed by atoms with Crippen molar-refractivity contribution in [1.82, 2.24) is 24.4 Å². The first kappa shape index (κ1) is 26.3. The second-order valence-corrected chi connectivity index (χ2v) is 10.8. The molecule has 7 rings (SSSR count). The van der Waals surface area contributed by atoms with Crippen LogP contribution in [0.5, 0.6) is 5.75 Å². The molecular weight excluding hydrogens is 554 g/mol. The van der Waals surface area contributed by atoms with E-state index in [1.54, 1.807) is 0 Å². The first-order chi connectivity index (χ1) is 21.2. The summed E-state index contributed by atoms with van der Waals surface area (Å²) in [7, 11) is 0. The Morgan fingerprint density at radius 1 is 0.791 bits per heavy atom. The molecule has 3 aromatic heterocycles. The van der Waals surface area contributed by atoms with Gasteiger partial charge in [0.15, 0.2) is 5.82 Å². The number of hydrogen-bond donors (Lipinski definition) is 0.